The highest BCUT2D eigenvalue weighted by Crippen LogP contribution is 2.40. The van der Waals surface area contributed by atoms with Crippen molar-refractivity contribution in [2.24, 2.45) is 5.73 Å². The smallest absolute Gasteiger partial charge is 0.229 e. The fourth-order valence-electron chi connectivity index (χ4n) is 2.43. The Kier molecular flexibility index (Phi) is 2.84. The van der Waals surface area contributed by atoms with Crippen molar-refractivity contribution in [2.75, 3.05) is 0 Å². The van der Waals surface area contributed by atoms with Gasteiger partial charge in [-0.2, -0.15) is 0 Å². The number of hydrogen-bond acceptors (Lipinski definition) is 2. The van der Waals surface area contributed by atoms with E-state index in [-0.39, 0.29) is 11.8 Å². The quantitative estimate of drug-likeness (QED) is 0.851. The van der Waals surface area contributed by atoms with E-state index in [4.69, 9.17) is 5.73 Å². The van der Waals surface area contributed by atoms with Crippen molar-refractivity contribution in [3.8, 4) is 0 Å². The zero-order chi connectivity index (χ0) is 12.5. The predicted molar refractivity (Wildman–Crippen MR) is 73.5 cm³/mol. The van der Waals surface area contributed by atoms with E-state index in [0.717, 1.165) is 21.8 Å². The van der Waals surface area contributed by atoms with Gasteiger partial charge in [0.05, 0.1) is 5.92 Å². The Morgan fingerprint density at radius 1 is 1.06 bits per heavy atom. The average Bonchev–Trinajstić information content (AvgIpc) is 2.55. The van der Waals surface area contributed by atoms with E-state index >= 15 is 0 Å². The minimum absolute atomic E-state index is 0.280. The van der Waals surface area contributed by atoms with Crippen molar-refractivity contribution in [1.82, 2.24) is 0 Å². The number of primary amides is 1. The van der Waals surface area contributed by atoms with Gasteiger partial charge < -0.3 is 5.73 Å². The highest BCUT2D eigenvalue weighted by atomic mass is 32.2. The van der Waals surface area contributed by atoms with Gasteiger partial charge in [-0.05, 0) is 22.8 Å². The molecule has 3 rings (SSSR count). The molecular formula is C15H13NOS. The van der Waals surface area contributed by atoms with Gasteiger partial charge in [0.2, 0.25) is 5.91 Å². The van der Waals surface area contributed by atoms with Crippen LogP contribution in [0.15, 0.2) is 53.4 Å². The van der Waals surface area contributed by atoms with E-state index in [0.29, 0.717) is 0 Å². The maximum Gasteiger partial charge on any atom is 0.229 e. The van der Waals surface area contributed by atoms with Gasteiger partial charge >= 0.3 is 0 Å². The summed E-state index contributed by atoms with van der Waals surface area (Å²) in [5.41, 5.74) is 8.89. The Morgan fingerprint density at radius 3 is 2.50 bits per heavy atom. The largest absolute Gasteiger partial charge is 0.369 e. The summed E-state index contributed by atoms with van der Waals surface area (Å²) in [6.45, 7) is 0. The third-order valence-electron chi connectivity index (χ3n) is 3.26. The minimum Gasteiger partial charge on any atom is -0.369 e. The van der Waals surface area contributed by atoms with Gasteiger partial charge in [-0.25, -0.2) is 0 Å². The maximum absolute atomic E-state index is 11.8. The normalized spacial score (nSPS) is 17.4. The van der Waals surface area contributed by atoms with Crippen LogP contribution in [0.25, 0.3) is 0 Å². The molecule has 0 aromatic heterocycles. The van der Waals surface area contributed by atoms with Gasteiger partial charge in [-0.3, -0.25) is 4.79 Å². The van der Waals surface area contributed by atoms with Crippen LogP contribution >= 0.6 is 11.8 Å². The van der Waals surface area contributed by atoms with E-state index in [1.54, 1.807) is 11.8 Å². The number of nitrogens with two attached hydrogens (primary N) is 1. The molecule has 0 aliphatic carbocycles. The second-order valence-electron chi connectivity index (χ2n) is 4.36. The summed E-state index contributed by atoms with van der Waals surface area (Å²) in [5.74, 6) is 0.279. The number of thioether (sulfide) groups is 1. The average molecular weight is 255 g/mol. The highest BCUT2D eigenvalue weighted by molar-refractivity contribution is 7.98. The molecule has 2 aromatic carbocycles. The van der Waals surface area contributed by atoms with Crippen molar-refractivity contribution in [3.63, 3.8) is 0 Å². The second kappa shape index (κ2) is 4.50. The van der Waals surface area contributed by atoms with Crippen LogP contribution in [-0.4, -0.2) is 5.91 Å². The van der Waals surface area contributed by atoms with E-state index < -0.39 is 0 Å². The molecule has 0 radical (unpaired) electrons. The molecule has 1 amide bonds. The molecule has 0 fully saturated rings. The summed E-state index contributed by atoms with van der Waals surface area (Å²) >= 11 is 1.77. The fourth-order valence-corrected chi connectivity index (χ4v) is 3.53. The molecule has 90 valence electrons. The van der Waals surface area contributed by atoms with Crippen LogP contribution in [0.4, 0.5) is 0 Å². The predicted octanol–water partition coefficient (Wildman–Crippen LogP) is 2.91. The Morgan fingerprint density at radius 2 is 1.72 bits per heavy atom. The van der Waals surface area contributed by atoms with Crippen LogP contribution in [0.5, 0.6) is 0 Å². The van der Waals surface area contributed by atoms with Crippen LogP contribution in [0.1, 0.15) is 22.6 Å². The van der Waals surface area contributed by atoms with Crippen LogP contribution < -0.4 is 5.73 Å². The molecule has 18 heavy (non-hydrogen) atoms. The fraction of sp³-hybridized carbons (Fsp3) is 0.133. The molecule has 1 aliphatic heterocycles. The zero-order valence-corrected chi connectivity index (χ0v) is 10.6. The van der Waals surface area contributed by atoms with Crippen LogP contribution in [0.2, 0.25) is 0 Å². The van der Waals surface area contributed by atoms with Gasteiger partial charge in [-0.1, -0.05) is 42.5 Å². The SMILES string of the molecule is NC(=O)[C@@H]1c2ccccc2CSc2ccccc21. The Labute approximate surface area is 110 Å². The molecule has 0 saturated carbocycles. The lowest BCUT2D eigenvalue weighted by molar-refractivity contribution is -0.118. The Bertz CT molecular complexity index is 561. The topological polar surface area (TPSA) is 43.1 Å². The summed E-state index contributed by atoms with van der Waals surface area (Å²) in [7, 11) is 0. The molecule has 1 atom stereocenters. The first-order chi connectivity index (χ1) is 8.77. The van der Waals surface area contributed by atoms with Crippen LogP contribution in [0.3, 0.4) is 0 Å². The van der Waals surface area contributed by atoms with Gasteiger partial charge in [0, 0.05) is 10.6 Å². The number of fused-ring (bicyclic) bond motifs is 2. The molecule has 0 saturated heterocycles. The third kappa shape index (κ3) is 1.81. The van der Waals surface area contributed by atoms with Crippen molar-refractivity contribution >= 4 is 17.7 Å². The first-order valence-electron chi connectivity index (χ1n) is 5.86. The monoisotopic (exact) mass is 255 g/mol. The molecule has 0 unspecified atom stereocenters. The number of carbonyl (C=O) groups is 1. The van der Waals surface area contributed by atoms with Crippen LogP contribution in [-0.2, 0) is 10.5 Å². The maximum atomic E-state index is 11.8. The van der Waals surface area contributed by atoms with Gasteiger partial charge in [0.1, 0.15) is 0 Å². The first-order valence-corrected chi connectivity index (χ1v) is 6.85. The molecule has 2 nitrogen and oxygen atoms in total. The number of amides is 1. The first kappa shape index (κ1) is 11.4. The van der Waals surface area contributed by atoms with Crippen molar-refractivity contribution < 1.29 is 4.79 Å². The number of rotatable bonds is 1. The highest BCUT2D eigenvalue weighted by Gasteiger charge is 2.27. The zero-order valence-electron chi connectivity index (χ0n) is 9.80. The molecule has 0 spiro atoms. The number of benzene rings is 2. The van der Waals surface area contributed by atoms with Crippen LogP contribution in [0, 0.1) is 0 Å². The lowest BCUT2D eigenvalue weighted by Crippen LogP contribution is -2.23. The molecule has 0 bridgehead atoms. The van der Waals surface area contributed by atoms with Crippen molar-refractivity contribution in [2.45, 2.75) is 16.6 Å². The molecule has 3 heteroatoms. The van der Waals surface area contributed by atoms with E-state index in [1.165, 1.54) is 5.56 Å². The van der Waals surface area contributed by atoms with Gasteiger partial charge in [0.25, 0.3) is 0 Å². The standard InChI is InChI=1S/C15H13NOS/c16-15(17)14-11-6-2-1-5-10(11)9-18-13-8-4-3-7-12(13)14/h1-8,14H,9H2,(H2,16,17)/t14-/m1/s1. The molecule has 1 aliphatic rings. The van der Waals surface area contributed by atoms with E-state index in [2.05, 4.69) is 12.1 Å². The number of hydrogen-bond donors (Lipinski definition) is 1. The molecule has 2 aromatic rings. The van der Waals surface area contributed by atoms with E-state index in [9.17, 15) is 4.79 Å². The lowest BCUT2D eigenvalue weighted by atomic mass is 9.88. The Hall–Kier alpha value is -1.74. The summed E-state index contributed by atoms with van der Waals surface area (Å²) < 4.78 is 0. The summed E-state index contributed by atoms with van der Waals surface area (Å²) in [5, 5.41) is 0. The van der Waals surface area contributed by atoms with E-state index in [1.807, 2.05) is 36.4 Å². The van der Waals surface area contributed by atoms with Crippen molar-refractivity contribution in [3.05, 3.63) is 65.2 Å². The second-order valence-corrected chi connectivity index (χ2v) is 5.38. The molecule has 2 N–H and O–H groups in total. The minimum atomic E-state index is -0.326. The van der Waals surface area contributed by atoms with Gasteiger partial charge in [-0.15, -0.1) is 11.8 Å². The Balaban J connectivity index is 2.24. The third-order valence-corrected chi connectivity index (χ3v) is 4.40. The lowest BCUT2D eigenvalue weighted by Gasteiger charge is -2.16. The summed E-state index contributed by atoms with van der Waals surface area (Å²) in [6.07, 6.45) is 0. The number of carbonyl (C=O) groups excluding carboxylic acids is 1. The molecular weight excluding hydrogens is 242 g/mol. The summed E-state index contributed by atoms with van der Waals surface area (Å²) in [4.78, 5) is 13.0. The molecule has 1 heterocycles. The van der Waals surface area contributed by atoms with Crippen molar-refractivity contribution in [1.29, 1.82) is 0 Å². The van der Waals surface area contributed by atoms with Gasteiger partial charge in [0.15, 0.2) is 0 Å². The summed E-state index contributed by atoms with van der Waals surface area (Å²) in [6, 6.07) is 16.1.